The Morgan fingerprint density at radius 1 is 1.29 bits per heavy atom. The van der Waals surface area contributed by atoms with Crippen LogP contribution in [0.2, 0.25) is 0 Å². The maximum Gasteiger partial charge on any atom is 0.251 e. The number of aryl methyl sites for hydroxylation is 2. The first-order valence-electron chi connectivity index (χ1n) is 8.87. The summed E-state index contributed by atoms with van der Waals surface area (Å²) in [6.45, 7) is 6.02. The van der Waals surface area contributed by atoms with Gasteiger partial charge in [-0.3, -0.25) is 14.4 Å². The lowest BCUT2D eigenvalue weighted by Crippen LogP contribution is -2.25. The van der Waals surface area contributed by atoms with Gasteiger partial charge in [-0.25, -0.2) is 4.98 Å². The van der Waals surface area contributed by atoms with E-state index < -0.39 is 0 Å². The summed E-state index contributed by atoms with van der Waals surface area (Å²) in [6.07, 6.45) is 4.61. The van der Waals surface area contributed by atoms with Crippen molar-refractivity contribution in [3.63, 3.8) is 0 Å². The van der Waals surface area contributed by atoms with Gasteiger partial charge in [0.25, 0.3) is 5.56 Å². The third kappa shape index (κ3) is 2.79. The van der Waals surface area contributed by atoms with Gasteiger partial charge in [0, 0.05) is 42.9 Å². The van der Waals surface area contributed by atoms with E-state index in [2.05, 4.69) is 28.8 Å². The first kappa shape index (κ1) is 15.6. The van der Waals surface area contributed by atoms with E-state index in [0.29, 0.717) is 12.0 Å². The molecule has 1 N–H and O–H groups in total. The second-order valence-electron chi connectivity index (χ2n) is 7.23. The Balaban J connectivity index is 1.61. The average Bonchev–Trinajstić information content (AvgIpc) is 3.24. The van der Waals surface area contributed by atoms with Gasteiger partial charge < -0.3 is 4.98 Å². The SMILES string of the molecule is Cc1nn(C)c(C)c1C1CCCN1Cc1cc(=O)[nH]c(C2CC2)n1. The van der Waals surface area contributed by atoms with E-state index in [1.54, 1.807) is 6.07 Å². The molecule has 2 fully saturated rings. The smallest absolute Gasteiger partial charge is 0.251 e. The summed E-state index contributed by atoms with van der Waals surface area (Å²) < 4.78 is 1.97. The van der Waals surface area contributed by atoms with E-state index in [1.165, 1.54) is 17.7 Å². The number of H-pyrrole nitrogens is 1. The zero-order valence-corrected chi connectivity index (χ0v) is 14.7. The molecule has 24 heavy (non-hydrogen) atoms. The second kappa shape index (κ2) is 5.84. The zero-order chi connectivity index (χ0) is 16.8. The molecule has 0 aromatic carbocycles. The van der Waals surface area contributed by atoms with Crippen molar-refractivity contribution in [2.45, 2.75) is 58.0 Å². The minimum absolute atomic E-state index is 0.0219. The first-order chi connectivity index (χ1) is 11.5. The third-order valence-corrected chi connectivity index (χ3v) is 5.40. The van der Waals surface area contributed by atoms with Gasteiger partial charge in [0.2, 0.25) is 0 Å². The molecule has 2 aromatic rings. The van der Waals surface area contributed by atoms with Crippen LogP contribution >= 0.6 is 0 Å². The van der Waals surface area contributed by atoms with Crippen LogP contribution in [0, 0.1) is 13.8 Å². The molecule has 0 amide bonds. The number of hydrogen-bond acceptors (Lipinski definition) is 4. The Hall–Kier alpha value is -1.95. The van der Waals surface area contributed by atoms with Gasteiger partial charge in [0.05, 0.1) is 11.4 Å². The molecule has 0 spiro atoms. The summed E-state index contributed by atoms with van der Waals surface area (Å²) in [6, 6.07) is 2.04. The van der Waals surface area contributed by atoms with E-state index in [1.807, 2.05) is 11.7 Å². The van der Waals surface area contributed by atoms with Gasteiger partial charge in [-0.1, -0.05) is 0 Å². The van der Waals surface area contributed by atoms with Crippen LogP contribution in [0.1, 0.15) is 66.1 Å². The Morgan fingerprint density at radius 3 is 2.75 bits per heavy atom. The molecule has 1 unspecified atom stereocenters. The van der Waals surface area contributed by atoms with Crippen LogP contribution in [0.15, 0.2) is 10.9 Å². The highest BCUT2D eigenvalue weighted by Crippen LogP contribution is 2.38. The number of aromatic nitrogens is 4. The summed E-state index contributed by atoms with van der Waals surface area (Å²) in [4.78, 5) is 22.0. The number of hydrogen-bond donors (Lipinski definition) is 1. The molecule has 0 radical (unpaired) electrons. The van der Waals surface area contributed by atoms with E-state index in [9.17, 15) is 4.79 Å². The molecule has 2 aromatic heterocycles. The molecule has 4 rings (SSSR count). The monoisotopic (exact) mass is 327 g/mol. The highest BCUT2D eigenvalue weighted by molar-refractivity contribution is 5.29. The van der Waals surface area contributed by atoms with Crippen LogP contribution in [0.5, 0.6) is 0 Å². The molecule has 6 nitrogen and oxygen atoms in total. The molecule has 1 aliphatic heterocycles. The highest BCUT2D eigenvalue weighted by Gasteiger charge is 2.31. The Kier molecular flexibility index (Phi) is 3.79. The van der Waals surface area contributed by atoms with Crippen LogP contribution in [-0.2, 0) is 13.6 Å². The van der Waals surface area contributed by atoms with Crippen LogP contribution in [0.25, 0.3) is 0 Å². The fourth-order valence-corrected chi connectivity index (χ4v) is 3.98. The quantitative estimate of drug-likeness (QED) is 0.936. The molecule has 1 atom stereocenters. The number of likely N-dealkylation sites (tertiary alicyclic amines) is 1. The number of nitrogens with one attached hydrogen (secondary N) is 1. The molecule has 128 valence electrons. The zero-order valence-electron chi connectivity index (χ0n) is 14.7. The minimum Gasteiger partial charge on any atom is -0.310 e. The maximum atomic E-state index is 12.0. The second-order valence-corrected chi connectivity index (χ2v) is 7.23. The van der Waals surface area contributed by atoms with Gasteiger partial charge in [0.1, 0.15) is 5.82 Å². The van der Waals surface area contributed by atoms with Crippen molar-refractivity contribution in [3.05, 3.63) is 44.9 Å². The molecule has 1 saturated heterocycles. The first-order valence-corrected chi connectivity index (χ1v) is 8.87. The molecule has 1 saturated carbocycles. The Bertz CT molecular complexity index is 817. The predicted octanol–water partition coefficient (Wildman–Crippen LogP) is 2.33. The van der Waals surface area contributed by atoms with Crippen LogP contribution in [-0.4, -0.2) is 31.2 Å². The van der Waals surface area contributed by atoms with Crippen molar-refractivity contribution in [1.82, 2.24) is 24.6 Å². The lowest BCUT2D eigenvalue weighted by molar-refractivity contribution is 0.243. The molecule has 3 heterocycles. The van der Waals surface area contributed by atoms with E-state index >= 15 is 0 Å². The van der Waals surface area contributed by atoms with Crippen molar-refractivity contribution in [1.29, 1.82) is 0 Å². The molecule has 2 aliphatic rings. The Morgan fingerprint density at radius 2 is 2.08 bits per heavy atom. The average molecular weight is 327 g/mol. The summed E-state index contributed by atoms with van der Waals surface area (Å²) in [5, 5.41) is 4.58. The topological polar surface area (TPSA) is 66.8 Å². The van der Waals surface area contributed by atoms with Crippen molar-refractivity contribution in [2.24, 2.45) is 7.05 Å². The predicted molar refractivity (Wildman–Crippen MR) is 91.9 cm³/mol. The summed E-state index contributed by atoms with van der Waals surface area (Å²) in [5.41, 5.74) is 4.58. The van der Waals surface area contributed by atoms with Gasteiger partial charge in [0.15, 0.2) is 0 Å². The fourth-order valence-electron chi connectivity index (χ4n) is 3.98. The number of rotatable bonds is 4. The van der Waals surface area contributed by atoms with Gasteiger partial charge in [-0.2, -0.15) is 5.10 Å². The third-order valence-electron chi connectivity index (χ3n) is 5.40. The lowest BCUT2D eigenvalue weighted by atomic mass is 10.0. The van der Waals surface area contributed by atoms with Crippen LogP contribution in [0.3, 0.4) is 0 Å². The molecule has 0 bridgehead atoms. The summed E-state index contributed by atoms with van der Waals surface area (Å²) >= 11 is 0. The normalized spacial score (nSPS) is 21.5. The summed E-state index contributed by atoms with van der Waals surface area (Å²) in [7, 11) is 2.01. The standard InChI is InChI=1S/C18H25N5O/c1-11-17(12(2)22(3)21-11)15-5-4-8-23(15)10-14-9-16(24)20-18(19-14)13-6-7-13/h9,13,15H,4-8,10H2,1-3H3,(H,19,20,24). The van der Waals surface area contributed by atoms with Gasteiger partial charge in [-0.15, -0.1) is 0 Å². The van der Waals surface area contributed by atoms with Crippen molar-refractivity contribution >= 4 is 0 Å². The lowest BCUT2D eigenvalue weighted by Gasteiger charge is -2.24. The number of nitrogens with zero attached hydrogens (tertiary/aromatic N) is 4. The van der Waals surface area contributed by atoms with E-state index in [4.69, 9.17) is 4.98 Å². The summed E-state index contributed by atoms with van der Waals surface area (Å²) in [5.74, 6) is 1.34. The molecular formula is C18H25N5O. The number of aromatic amines is 1. The van der Waals surface area contributed by atoms with E-state index in [0.717, 1.165) is 49.6 Å². The van der Waals surface area contributed by atoms with E-state index in [-0.39, 0.29) is 5.56 Å². The maximum absolute atomic E-state index is 12.0. The Labute approximate surface area is 141 Å². The van der Waals surface area contributed by atoms with Gasteiger partial charge >= 0.3 is 0 Å². The fraction of sp³-hybridized carbons (Fsp3) is 0.611. The van der Waals surface area contributed by atoms with Crippen LogP contribution in [0.4, 0.5) is 0 Å². The van der Waals surface area contributed by atoms with Crippen molar-refractivity contribution in [3.8, 4) is 0 Å². The molecular weight excluding hydrogens is 302 g/mol. The van der Waals surface area contributed by atoms with Crippen molar-refractivity contribution in [2.75, 3.05) is 6.54 Å². The van der Waals surface area contributed by atoms with Gasteiger partial charge in [-0.05, 0) is 46.1 Å². The van der Waals surface area contributed by atoms with Crippen molar-refractivity contribution < 1.29 is 0 Å². The highest BCUT2D eigenvalue weighted by atomic mass is 16.1. The van der Waals surface area contributed by atoms with Crippen LogP contribution < -0.4 is 5.56 Å². The largest absolute Gasteiger partial charge is 0.310 e. The minimum atomic E-state index is -0.0219. The molecule has 6 heteroatoms. The molecule has 1 aliphatic carbocycles.